The average molecular weight is 371 g/mol. The second-order valence-electron chi connectivity index (χ2n) is 5.76. The van der Waals surface area contributed by atoms with E-state index in [1.807, 2.05) is 0 Å². The van der Waals surface area contributed by atoms with Crippen molar-refractivity contribution in [2.75, 3.05) is 20.3 Å². The van der Waals surface area contributed by atoms with Gasteiger partial charge in [-0.1, -0.05) is 12.1 Å². The number of benzene rings is 1. The standard InChI is InChI=1S/C18H20F2N2O2.ClH/c1-23-17-7-8-24-11-16(17)22-10-13-6-5-12(9-21-13)18-14(19)3-2-4-15(18)20;/h2-6,9,16-17,22H,7-8,10-11H2,1H3;1H/t16-,17-;/m1./s1. The molecule has 4 nitrogen and oxygen atoms in total. The molecule has 0 saturated carbocycles. The third kappa shape index (κ3) is 4.73. The van der Waals surface area contributed by atoms with E-state index in [1.54, 1.807) is 19.2 Å². The van der Waals surface area contributed by atoms with E-state index in [0.717, 1.165) is 12.1 Å². The molecule has 2 atom stereocenters. The molecule has 0 spiro atoms. The highest BCUT2D eigenvalue weighted by molar-refractivity contribution is 5.85. The molecule has 0 amide bonds. The zero-order valence-electron chi connectivity index (χ0n) is 13.9. The number of hydrogen-bond donors (Lipinski definition) is 1. The Bertz CT molecular complexity index is 665. The molecule has 0 unspecified atom stereocenters. The van der Waals surface area contributed by atoms with Gasteiger partial charge in [0.1, 0.15) is 11.6 Å². The molecule has 1 N–H and O–H groups in total. The summed E-state index contributed by atoms with van der Waals surface area (Å²) in [5.41, 5.74) is 1.16. The molecule has 136 valence electrons. The number of methoxy groups -OCH3 is 1. The highest BCUT2D eigenvalue weighted by Gasteiger charge is 2.25. The average Bonchev–Trinajstić information content (AvgIpc) is 2.61. The number of pyridine rings is 1. The first-order chi connectivity index (χ1) is 11.7. The maximum absolute atomic E-state index is 13.8. The fourth-order valence-electron chi connectivity index (χ4n) is 2.88. The summed E-state index contributed by atoms with van der Waals surface area (Å²) in [6, 6.07) is 7.37. The number of hydrogen-bond acceptors (Lipinski definition) is 4. The van der Waals surface area contributed by atoms with Crippen molar-refractivity contribution < 1.29 is 18.3 Å². The van der Waals surface area contributed by atoms with Gasteiger partial charge in [0, 0.05) is 32.0 Å². The summed E-state index contributed by atoms with van der Waals surface area (Å²) in [5.74, 6) is -1.19. The predicted octanol–water partition coefficient (Wildman–Crippen LogP) is 3.34. The van der Waals surface area contributed by atoms with Gasteiger partial charge in [-0.2, -0.15) is 0 Å². The molecule has 0 radical (unpaired) electrons. The van der Waals surface area contributed by atoms with Crippen molar-refractivity contribution in [1.29, 1.82) is 0 Å². The van der Waals surface area contributed by atoms with Crippen LogP contribution < -0.4 is 5.32 Å². The Labute approximate surface area is 152 Å². The molecule has 25 heavy (non-hydrogen) atoms. The van der Waals surface area contributed by atoms with Gasteiger partial charge < -0.3 is 14.8 Å². The maximum atomic E-state index is 13.8. The molecule has 1 aliphatic rings. The van der Waals surface area contributed by atoms with Crippen molar-refractivity contribution >= 4 is 12.4 Å². The quantitative estimate of drug-likeness (QED) is 0.876. The SMILES string of the molecule is CO[C@@H]1CCOC[C@H]1NCc1ccc(-c2c(F)cccc2F)cn1.Cl. The van der Waals surface area contributed by atoms with Crippen molar-refractivity contribution in [3.8, 4) is 11.1 Å². The third-order valence-corrected chi connectivity index (χ3v) is 4.22. The molecular formula is C18H21ClF2N2O2. The van der Waals surface area contributed by atoms with Gasteiger partial charge in [0.05, 0.1) is 30.0 Å². The van der Waals surface area contributed by atoms with Crippen molar-refractivity contribution in [2.24, 2.45) is 0 Å². The Morgan fingerprint density at radius 1 is 1.24 bits per heavy atom. The first kappa shape index (κ1) is 19.7. The normalized spacial score (nSPS) is 20.1. The molecule has 2 aromatic rings. The van der Waals surface area contributed by atoms with Gasteiger partial charge in [-0.05, 0) is 24.6 Å². The van der Waals surface area contributed by atoms with Crippen LogP contribution in [-0.4, -0.2) is 37.5 Å². The summed E-state index contributed by atoms with van der Waals surface area (Å²) < 4.78 is 38.5. The number of rotatable bonds is 5. The highest BCUT2D eigenvalue weighted by Crippen LogP contribution is 2.25. The zero-order chi connectivity index (χ0) is 16.9. The Morgan fingerprint density at radius 2 is 2.00 bits per heavy atom. The minimum absolute atomic E-state index is 0. The molecule has 2 heterocycles. The number of nitrogens with one attached hydrogen (secondary N) is 1. The van der Waals surface area contributed by atoms with E-state index in [9.17, 15) is 8.78 Å². The van der Waals surface area contributed by atoms with Crippen LogP contribution in [0, 0.1) is 11.6 Å². The minimum Gasteiger partial charge on any atom is -0.380 e. The zero-order valence-corrected chi connectivity index (χ0v) is 14.7. The first-order valence-corrected chi connectivity index (χ1v) is 7.92. The third-order valence-electron chi connectivity index (χ3n) is 4.22. The summed E-state index contributed by atoms with van der Waals surface area (Å²) in [7, 11) is 1.70. The van der Waals surface area contributed by atoms with Crippen LogP contribution in [-0.2, 0) is 16.0 Å². The van der Waals surface area contributed by atoms with Crippen molar-refractivity contribution in [2.45, 2.75) is 25.1 Å². The van der Waals surface area contributed by atoms with E-state index in [-0.39, 0.29) is 30.1 Å². The van der Waals surface area contributed by atoms with E-state index in [0.29, 0.717) is 25.3 Å². The highest BCUT2D eigenvalue weighted by atomic mass is 35.5. The van der Waals surface area contributed by atoms with Crippen molar-refractivity contribution in [3.05, 3.63) is 53.9 Å². The van der Waals surface area contributed by atoms with Crippen LogP contribution in [0.3, 0.4) is 0 Å². The minimum atomic E-state index is -0.593. The van der Waals surface area contributed by atoms with Crippen LogP contribution >= 0.6 is 12.4 Å². The van der Waals surface area contributed by atoms with Gasteiger partial charge in [-0.3, -0.25) is 4.98 Å². The topological polar surface area (TPSA) is 43.4 Å². The fraction of sp³-hybridized carbons (Fsp3) is 0.389. The molecule has 1 aromatic carbocycles. The molecule has 7 heteroatoms. The largest absolute Gasteiger partial charge is 0.380 e. The van der Waals surface area contributed by atoms with Gasteiger partial charge in [-0.25, -0.2) is 8.78 Å². The van der Waals surface area contributed by atoms with E-state index in [2.05, 4.69) is 10.3 Å². The first-order valence-electron chi connectivity index (χ1n) is 7.92. The summed E-state index contributed by atoms with van der Waals surface area (Å²) in [5, 5.41) is 3.36. The molecule has 1 aliphatic heterocycles. The summed E-state index contributed by atoms with van der Waals surface area (Å²) in [4.78, 5) is 4.30. The summed E-state index contributed by atoms with van der Waals surface area (Å²) >= 11 is 0. The lowest BCUT2D eigenvalue weighted by molar-refractivity contribution is -0.0374. The van der Waals surface area contributed by atoms with Gasteiger partial charge >= 0.3 is 0 Å². The Kier molecular flexibility index (Phi) is 7.25. The van der Waals surface area contributed by atoms with Crippen LogP contribution in [0.1, 0.15) is 12.1 Å². The smallest absolute Gasteiger partial charge is 0.134 e. The van der Waals surface area contributed by atoms with Gasteiger partial charge in [0.15, 0.2) is 0 Å². The lowest BCUT2D eigenvalue weighted by atomic mass is 10.1. The van der Waals surface area contributed by atoms with Gasteiger partial charge in [0.25, 0.3) is 0 Å². The van der Waals surface area contributed by atoms with Crippen molar-refractivity contribution in [1.82, 2.24) is 10.3 Å². The lowest BCUT2D eigenvalue weighted by Gasteiger charge is -2.31. The number of ether oxygens (including phenoxy) is 2. The Hall–Kier alpha value is -1.60. The van der Waals surface area contributed by atoms with Crippen LogP contribution in [0.15, 0.2) is 36.5 Å². The second kappa shape index (κ2) is 9.20. The van der Waals surface area contributed by atoms with Crippen LogP contribution in [0.4, 0.5) is 8.78 Å². The monoisotopic (exact) mass is 370 g/mol. The Balaban J connectivity index is 0.00000225. The summed E-state index contributed by atoms with van der Waals surface area (Å²) in [6.45, 7) is 1.84. The van der Waals surface area contributed by atoms with Crippen LogP contribution in [0.2, 0.25) is 0 Å². The number of halogens is 3. The van der Waals surface area contributed by atoms with Crippen molar-refractivity contribution in [3.63, 3.8) is 0 Å². The molecule has 0 bridgehead atoms. The molecule has 1 saturated heterocycles. The number of aromatic nitrogens is 1. The molecule has 1 aromatic heterocycles. The molecule has 3 rings (SSSR count). The maximum Gasteiger partial charge on any atom is 0.134 e. The molecular weight excluding hydrogens is 350 g/mol. The van der Waals surface area contributed by atoms with Crippen LogP contribution in [0.5, 0.6) is 0 Å². The number of nitrogens with zero attached hydrogens (tertiary/aromatic N) is 1. The van der Waals surface area contributed by atoms with Gasteiger partial charge in [0.2, 0.25) is 0 Å². The van der Waals surface area contributed by atoms with E-state index >= 15 is 0 Å². The van der Waals surface area contributed by atoms with Crippen LogP contribution in [0.25, 0.3) is 11.1 Å². The van der Waals surface area contributed by atoms with E-state index in [4.69, 9.17) is 9.47 Å². The van der Waals surface area contributed by atoms with Gasteiger partial charge in [-0.15, -0.1) is 12.4 Å². The van der Waals surface area contributed by atoms with E-state index in [1.165, 1.54) is 24.4 Å². The summed E-state index contributed by atoms with van der Waals surface area (Å²) in [6.07, 6.45) is 2.46. The second-order valence-corrected chi connectivity index (χ2v) is 5.76. The van der Waals surface area contributed by atoms with E-state index < -0.39 is 11.6 Å². The molecule has 0 aliphatic carbocycles. The fourth-order valence-corrected chi connectivity index (χ4v) is 2.88. The molecule has 1 fully saturated rings. The predicted molar refractivity (Wildman–Crippen MR) is 93.7 cm³/mol. The lowest BCUT2D eigenvalue weighted by Crippen LogP contribution is -2.47. The Morgan fingerprint density at radius 3 is 2.64 bits per heavy atom.